The maximum absolute atomic E-state index is 12.7. The summed E-state index contributed by atoms with van der Waals surface area (Å²) in [4.78, 5) is 22.5. The van der Waals surface area contributed by atoms with Crippen molar-refractivity contribution in [2.24, 2.45) is 5.41 Å². The largest absolute Gasteiger partial charge is 0.444 e. The third kappa shape index (κ3) is 5.06. The Morgan fingerprint density at radius 2 is 1.89 bits per heavy atom. The minimum absolute atomic E-state index is 0. The molecule has 1 saturated heterocycles. The number of H-pyrrole nitrogens is 1. The van der Waals surface area contributed by atoms with Gasteiger partial charge in [0.2, 0.25) is 0 Å². The number of aryl methyl sites for hydroxylation is 1. The average Bonchev–Trinajstić information content (AvgIpc) is 3.10. The second-order valence-corrected chi connectivity index (χ2v) is 9.04. The van der Waals surface area contributed by atoms with E-state index in [2.05, 4.69) is 55.0 Å². The van der Waals surface area contributed by atoms with Gasteiger partial charge in [0.05, 0.1) is 17.9 Å². The van der Waals surface area contributed by atoms with E-state index in [9.17, 15) is 4.79 Å². The molecule has 2 heterocycles. The van der Waals surface area contributed by atoms with Gasteiger partial charge in [0.1, 0.15) is 11.4 Å². The molecule has 1 N–H and O–H groups in total. The monoisotopic (exact) mass is 389 g/mol. The molecular formula is C21H31N3O2S. The molecule has 3 rings (SSSR count). The molecule has 1 aromatic heterocycles. The van der Waals surface area contributed by atoms with Crippen LogP contribution in [0.5, 0.6) is 0 Å². The molecule has 1 amide bonds. The van der Waals surface area contributed by atoms with Crippen molar-refractivity contribution in [3.05, 3.63) is 41.9 Å². The molecule has 1 aliphatic heterocycles. The van der Waals surface area contributed by atoms with E-state index in [0.717, 1.165) is 23.5 Å². The van der Waals surface area contributed by atoms with Crippen molar-refractivity contribution in [1.82, 2.24) is 14.9 Å². The zero-order valence-electron chi connectivity index (χ0n) is 17.1. The fraction of sp³-hybridized carbons (Fsp3) is 0.524. The number of carbonyl (C=O) groups excluding carboxylic acids is 1. The van der Waals surface area contributed by atoms with E-state index in [1.54, 1.807) is 0 Å². The predicted octanol–water partition coefficient (Wildman–Crippen LogP) is 5.21. The quantitative estimate of drug-likeness (QED) is 0.767. The number of nitrogens with one attached hydrogen (secondary N) is 1. The Balaban J connectivity index is 0.00000261. The lowest BCUT2D eigenvalue weighted by atomic mass is 9.90. The second kappa shape index (κ2) is 7.58. The topological polar surface area (TPSA) is 58.2 Å². The number of amides is 1. The summed E-state index contributed by atoms with van der Waals surface area (Å²) >= 11 is 0. The number of hydrogen-bond acceptors (Lipinski definition) is 3. The van der Waals surface area contributed by atoms with Crippen LogP contribution in [-0.2, 0) is 4.74 Å². The minimum Gasteiger partial charge on any atom is -0.444 e. The van der Waals surface area contributed by atoms with Crippen molar-refractivity contribution in [2.45, 2.75) is 59.6 Å². The molecule has 0 radical (unpaired) electrons. The Labute approximate surface area is 169 Å². The Morgan fingerprint density at radius 1 is 1.26 bits per heavy atom. The van der Waals surface area contributed by atoms with E-state index in [-0.39, 0.29) is 31.0 Å². The van der Waals surface area contributed by atoms with Gasteiger partial charge in [-0.15, -0.1) is 0 Å². The molecule has 0 bridgehead atoms. The van der Waals surface area contributed by atoms with Crippen molar-refractivity contribution in [3.8, 4) is 11.3 Å². The molecular weight excluding hydrogens is 358 g/mol. The van der Waals surface area contributed by atoms with Crippen molar-refractivity contribution in [1.29, 1.82) is 0 Å². The molecule has 0 saturated carbocycles. The van der Waals surface area contributed by atoms with Crippen molar-refractivity contribution in [3.63, 3.8) is 0 Å². The smallest absolute Gasteiger partial charge is 0.410 e. The van der Waals surface area contributed by atoms with Crippen molar-refractivity contribution in [2.75, 3.05) is 6.54 Å². The Bertz CT molecular complexity index is 791. The number of benzene rings is 1. The molecule has 1 fully saturated rings. The van der Waals surface area contributed by atoms with Crippen LogP contribution < -0.4 is 0 Å². The molecule has 5 nitrogen and oxygen atoms in total. The lowest BCUT2D eigenvalue weighted by Gasteiger charge is -2.28. The van der Waals surface area contributed by atoms with Gasteiger partial charge in [-0.1, -0.05) is 43.7 Å². The van der Waals surface area contributed by atoms with Crippen LogP contribution in [0.4, 0.5) is 4.79 Å². The van der Waals surface area contributed by atoms with Gasteiger partial charge in [-0.25, -0.2) is 9.78 Å². The number of rotatable bonds is 2. The highest BCUT2D eigenvalue weighted by Gasteiger charge is 2.43. The first kappa shape index (κ1) is 21.4. The summed E-state index contributed by atoms with van der Waals surface area (Å²) in [5.74, 6) is 0.817. The first-order valence-electron chi connectivity index (χ1n) is 9.16. The molecule has 1 aromatic carbocycles. The maximum Gasteiger partial charge on any atom is 0.410 e. The molecule has 0 unspecified atom stereocenters. The molecule has 148 valence electrons. The van der Waals surface area contributed by atoms with E-state index < -0.39 is 5.60 Å². The van der Waals surface area contributed by atoms with Crippen LogP contribution >= 0.6 is 13.5 Å². The second-order valence-electron chi connectivity index (χ2n) is 9.04. The highest BCUT2D eigenvalue weighted by atomic mass is 32.1. The maximum atomic E-state index is 12.7. The van der Waals surface area contributed by atoms with Gasteiger partial charge in [-0.05, 0) is 45.1 Å². The summed E-state index contributed by atoms with van der Waals surface area (Å²) in [7, 11) is 0. The summed E-state index contributed by atoms with van der Waals surface area (Å²) in [5.41, 5.74) is 2.80. The number of aromatic nitrogens is 2. The van der Waals surface area contributed by atoms with Gasteiger partial charge >= 0.3 is 6.09 Å². The van der Waals surface area contributed by atoms with Crippen LogP contribution in [0, 0.1) is 12.3 Å². The van der Waals surface area contributed by atoms with E-state index in [0.29, 0.717) is 6.54 Å². The Morgan fingerprint density at radius 3 is 2.48 bits per heavy atom. The number of nitrogens with zero attached hydrogens (tertiary/aromatic N) is 2. The lowest BCUT2D eigenvalue weighted by Crippen LogP contribution is -2.37. The van der Waals surface area contributed by atoms with E-state index in [1.165, 1.54) is 5.56 Å². The van der Waals surface area contributed by atoms with Crippen molar-refractivity contribution >= 4 is 19.6 Å². The Hall–Kier alpha value is -1.95. The third-order valence-electron chi connectivity index (χ3n) is 4.62. The zero-order chi connectivity index (χ0) is 19.1. The van der Waals surface area contributed by atoms with Crippen LogP contribution in [0.2, 0.25) is 0 Å². The summed E-state index contributed by atoms with van der Waals surface area (Å²) in [6, 6.07) is 8.23. The number of ether oxygens (including phenoxy) is 1. The highest BCUT2D eigenvalue weighted by Crippen LogP contribution is 2.42. The summed E-state index contributed by atoms with van der Waals surface area (Å²) in [6.45, 7) is 12.8. The molecule has 1 atom stereocenters. The number of aromatic amines is 1. The van der Waals surface area contributed by atoms with Crippen LogP contribution in [-0.4, -0.2) is 33.1 Å². The summed E-state index contributed by atoms with van der Waals surface area (Å²) in [5, 5.41) is 0. The van der Waals surface area contributed by atoms with Crippen molar-refractivity contribution < 1.29 is 9.53 Å². The fourth-order valence-electron chi connectivity index (χ4n) is 3.41. The summed E-state index contributed by atoms with van der Waals surface area (Å²) < 4.78 is 5.62. The normalized spacial score (nSPS) is 18.9. The molecule has 6 heteroatoms. The van der Waals surface area contributed by atoms with Crippen LogP contribution in [0.1, 0.15) is 58.5 Å². The summed E-state index contributed by atoms with van der Waals surface area (Å²) in [6.07, 6.45) is 2.42. The lowest BCUT2D eigenvalue weighted by molar-refractivity contribution is 0.0207. The molecule has 0 aliphatic carbocycles. The van der Waals surface area contributed by atoms with Crippen LogP contribution in [0.25, 0.3) is 11.3 Å². The van der Waals surface area contributed by atoms with Gasteiger partial charge in [0.15, 0.2) is 0 Å². The van der Waals surface area contributed by atoms with Gasteiger partial charge in [0.25, 0.3) is 0 Å². The number of hydrogen-bond donors (Lipinski definition) is 1. The molecule has 2 aromatic rings. The van der Waals surface area contributed by atoms with Gasteiger partial charge in [-0.3, -0.25) is 4.90 Å². The molecule has 1 aliphatic rings. The third-order valence-corrected chi connectivity index (χ3v) is 4.62. The van der Waals surface area contributed by atoms with E-state index >= 15 is 0 Å². The van der Waals surface area contributed by atoms with Crippen LogP contribution in [0.3, 0.4) is 0 Å². The van der Waals surface area contributed by atoms with Gasteiger partial charge in [0, 0.05) is 6.54 Å². The average molecular weight is 390 g/mol. The minimum atomic E-state index is -0.509. The molecule has 27 heavy (non-hydrogen) atoms. The van der Waals surface area contributed by atoms with E-state index in [1.807, 2.05) is 31.9 Å². The Kier molecular flexibility index (Phi) is 6.00. The molecule has 0 spiro atoms. The van der Waals surface area contributed by atoms with Gasteiger partial charge < -0.3 is 9.72 Å². The number of likely N-dealkylation sites (tertiary alicyclic amines) is 1. The number of carbonyl (C=O) groups is 1. The zero-order valence-corrected chi connectivity index (χ0v) is 18.1. The van der Waals surface area contributed by atoms with Crippen LogP contribution in [0.15, 0.2) is 30.5 Å². The predicted molar refractivity (Wildman–Crippen MR) is 113 cm³/mol. The first-order valence-corrected chi connectivity index (χ1v) is 9.16. The SMILES string of the molecule is Cc1ccc(-c2cnc([C@@H]3CC(C)(C)CN3C(=O)OC(C)(C)C)[nH]2)cc1.S. The highest BCUT2D eigenvalue weighted by molar-refractivity contribution is 7.59. The first-order chi connectivity index (χ1) is 12.0. The van der Waals surface area contributed by atoms with Gasteiger partial charge in [-0.2, -0.15) is 13.5 Å². The fourth-order valence-corrected chi connectivity index (χ4v) is 3.41. The number of imidazole rings is 1. The standard InChI is InChI=1S/C21H29N3O2.H2S/c1-14-7-9-15(10-8-14)16-12-22-18(23-16)17-11-21(5,6)13-24(17)19(25)26-20(2,3)4;/h7-10,12,17H,11,13H2,1-6H3,(H,22,23);1H2/t17-;/m0./s1. The van der Waals surface area contributed by atoms with E-state index in [4.69, 9.17) is 4.74 Å².